The van der Waals surface area contributed by atoms with Gasteiger partial charge in [-0.1, -0.05) is 55.7 Å². The number of hydrogen-bond donors (Lipinski definition) is 1. The zero-order valence-electron chi connectivity index (χ0n) is 18.0. The number of carbonyl (C=O) groups is 2. The number of rotatable bonds is 6. The molecule has 0 saturated heterocycles. The number of thiazole rings is 1. The van der Waals surface area contributed by atoms with E-state index in [1.54, 1.807) is 17.5 Å². The number of hydrogen-bond acceptors (Lipinski definition) is 4. The molecular weight excluding hydrogens is 418 g/mol. The van der Waals surface area contributed by atoms with Crippen LogP contribution in [0.3, 0.4) is 0 Å². The Labute approximate surface area is 192 Å². The van der Waals surface area contributed by atoms with Crippen LogP contribution in [0.5, 0.6) is 0 Å². The molecule has 2 heterocycles. The van der Waals surface area contributed by atoms with Gasteiger partial charge >= 0.3 is 0 Å². The second-order valence-electron chi connectivity index (χ2n) is 8.82. The van der Waals surface area contributed by atoms with Crippen molar-refractivity contribution >= 4 is 23.2 Å². The average molecular weight is 446 g/mol. The predicted molar refractivity (Wildman–Crippen MR) is 126 cm³/mol. The van der Waals surface area contributed by atoms with Gasteiger partial charge in [-0.15, -0.1) is 11.3 Å². The van der Waals surface area contributed by atoms with Gasteiger partial charge in [0.25, 0.3) is 5.91 Å². The minimum Gasteiger partial charge on any atom is -0.352 e. The summed E-state index contributed by atoms with van der Waals surface area (Å²) in [5.41, 5.74) is 3.59. The van der Waals surface area contributed by atoms with Crippen LogP contribution in [-0.4, -0.2) is 27.2 Å². The van der Waals surface area contributed by atoms with Crippen LogP contribution in [-0.2, 0) is 17.9 Å². The van der Waals surface area contributed by atoms with Crippen LogP contribution in [0.2, 0.25) is 0 Å². The Hall–Kier alpha value is -2.99. The topological polar surface area (TPSA) is 62.3 Å². The van der Waals surface area contributed by atoms with Gasteiger partial charge in [0.05, 0.1) is 5.54 Å². The first-order valence-electron chi connectivity index (χ1n) is 11.3. The van der Waals surface area contributed by atoms with Crippen molar-refractivity contribution in [3.05, 3.63) is 76.8 Å². The molecule has 1 aliphatic carbocycles. The number of carbonyl (C=O) groups excluding carboxylic acids is 2. The Bertz CT molecular complexity index is 1120. The molecule has 5 rings (SSSR count). The Balaban J connectivity index is 1.29. The second-order valence-corrected chi connectivity index (χ2v) is 9.72. The van der Waals surface area contributed by atoms with E-state index >= 15 is 0 Å². The molecule has 2 aromatic carbocycles. The summed E-state index contributed by atoms with van der Waals surface area (Å²) in [6, 6.07) is 16.0. The number of fused-ring (bicyclic) bond motifs is 1. The van der Waals surface area contributed by atoms with Gasteiger partial charge in [-0.25, -0.2) is 4.98 Å². The lowest BCUT2D eigenvalue weighted by Gasteiger charge is -2.44. The summed E-state index contributed by atoms with van der Waals surface area (Å²) < 4.78 is 0. The van der Waals surface area contributed by atoms with Crippen LogP contribution in [0.1, 0.15) is 60.0 Å². The molecule has 1 aromatic heterocycles. The van der Waals surface area contributed by atoms with Gasteiger partial charge in [0.15, 0.2) is 0 Å². The maximum absolute atomic E-state index is 13.2. The molecule has 5 nitrogen and oxygen atoms in total. The van der Waals surface area contributed by atoms with E-state index in [4.69, 9.17) is 0 Å². The first-order chi connectivity index (χ1) is 15.6. The maximum Gasteiger partial charge on any atom is 0.254 e. The van der Waals surface area contributed by atoms with Crippen molar-refractivity contribution in [2.75, 3.05) is 0 Å². The lowest BCUT2D eigenvalue weighted by molar-refractivity contribution is -0.124. The van der Waals surface area contributed by atoms with E-state index in [0.29, 0.717) is 19.5 Å². The van der Waals surface area contributed by atoms with Gasteiger partial charge in [0, 0.05) is 42.2 Å². The maximum atomic E-state index is 13.2. The summed E-state index contributed by atoms with van der Waals surface area (Å²) in [7, 11) is 0. The van der Waals surface area contributed by atoms with E-state index in [9.17, 15) is 9.59 Å². The zero-order chi connectivity index (χ0) is 22.0. The number of nitrogens with zero attached hydrogens (tertiary/aromatic N) is 2. The molecule has 0 spiro atoms. The molecule has 0 bridgehead atoms. The van der Waals surface area contributed by atoms with Crippen molar-refractivity contribution in [3.63, 3.8) is 0 Å². The van der Waals surface area contributed by atoms with E-state index in [1.807, 2.05) is 52.7 Å². The van der Waals surface area contributed by atoms with E-state index in [-0.39, 0.29) is 17.4 Å². The highest BCUT2D eigenvalue weighted by atomic mass is 32.1. The fourth-order valence-corrected chi connectivity index (χ4v) is 5.77. The largest absolute Gasteiger partial charge is 0.352 e. The molecule has 0 atom stereocenters. The summed E-state index contributed by atoms with van der Waals surface area (Å²) in [5.74, 6) is 0.0850. The van der Waals surface area contributed by atoms with Gasteiger partial charge in [0.1, 0.15) is 5.01 Å². The Morgan fingerprint density at radius 2 is 1.94 bits per heavy atom. The molecule has 1 aliphatic heterocycles. The third-order valence-corrected chi connectivity index (χ3v) is 7.59. The first-order valence-corrected chi connectivity index (χ1v) is 12.2. The molecule has 1 fully saturated rings. The fourth-order valence-electron chi connectivity index (χ4n) is 5.13. The van der Waals surface area contributed by atoms with Crippen LogP contribution >= 0.6 is 11.3 Å². The summed E-state index contributed by atoms with van der Waals surface area (Å²) in [5, 5.41) is 6.05. The normalized spacial score (nSPS) is 17.2. The SMILES string of the molecule is O=C(CC1(N2Cc3ccccc3C2=O)CCCCC1)NCc1cccc(-c2nccs2)c1. The Morgan fingerprint density at radius 1 is 1.09 bits per heavy atom. The van der Waals surface area contributed by atoms with Crippen LogP contribution in [0.15, 0.2) is 60.1 Å². The third-order valence-electron chi connectivity index (χ3n) is 6.76. The van der Waals surface area contributed by atoms with Crippen LogP contribution in [0.25, 0.3) is 10.6 Å². The van der Waals surface area contributed by atoms with Crippen molar-refractivity contribution in [3.8, 4) is 10.6 Å². The summed E-state index contributed by atoms with van der Waals surface area (Å²) in [6.45, 7) is 1.08. The summed E-state index contributed by atoms with van der Waals surface area (Å²) in [6.07, 6.45) is 7.22. The van der Waals surface area contributed by atoms with E-state index in [1.165, 1.54) is 6.42 Å². The van der Waals surface area contributed by atoms with Gasteiger partial charge in [-0.2, -0.15) is 0 Å². The fraction of sp³-hybridized carbons (Fsp3) is 0.346. The van der Waals surface area contributed by atoms with Crippen molar-refractivity contribution in [2.45, 2.75) is 57.2 Å². The van der Waals surface area contributed by atoms with E-state index in [0.717, 1.165) is 52.9 Å². The standard InChI is InChI=1S/C26H27N3O2S/c30-23(28-17-19-7-6-9-20(15-19)24-27-13-14-32-24)16-26(11-4-1-5-12-26)29-18-21-8-2-3-10-22(21)25(29)31/h2-3,6-10,13-15H,1,4-5,11-12,16-18H2,(H,28,30). The molecule has 1 N–H and O–H groups in total. The molecule has 2 amide bonds. The number of amides is 2. The van der Waals surface area contributed by atoms with Gasteiger partial charge in [0.2, 0.25) is 5.91 Å². The number of benzene rings is 2. The van der Waals surface area contributed by atoms with Gasteiger partial charge in [-0.05, 0) is 36.1 Å². The predicted octanol–water partition coefficient (Wildman–Crippen LogP) is 5.18. The quantitative estimate of drug-likeness (QED) is 0.569. The molecule has 0 radical (unpaired) electrons. The van der Waals surface area contributed by atoms with E-state index < -0.39 is 0 Å². The highest BCUT2D eigenvalue weighted by molar-refractivity contribution is 7.13. The van der Waals surface area contributed by atoms with Crippen molar-refractivity contribution < 1.29 is 9.59 Å². The second kappa shape index (κ2) is 8.87. The first kappa shape index (κ1) is 20.9. The molecule has 164 valence electrons. The van der Waals surface area contributed by atoms with Gasteiger partial charge in [-0.3, -0.25) is 9.59 Å². The summed E-state index contributed by atoms with van der Waals surface area (Å²) in [4.78, 5) is 32.6. The molecule has 2 aliphatic rings. The van der Waals surface area contributed by atoms with Gasteiger partial charge < -0.3 is 10.2 Å². The molecule has 3 aromatic rings. The Kier molecular flexibility index (Phi) is 5.79. The van der Waals surface area contributed by atoms with Crippen molar-refractivity contribution in [1.29, 1.82) is 0 Å². The van der Waals surface area contributed by atoms with Crippen molar-refractivity contribution in [1.82, 2.24) is 15.2 Å². The lowest BCUT2D eigenvalue weighted by atomic mass is 9.77. The average Bonchev–Trinajstić information content (AvgIpc) is 3.48. The summed E-state index contributed by atoms with van der Waals surface area (Å²) >= 11 is 1.61. The minimum absolute atomic E-state index is 0.00954. The minimum atomic E-state index is -0.388. The van der Waals surface area contributed by atoms with Crippen LogP contribution in [0.4, 0.5) is 0 Å². The lowest BCUT2D eigenvalue weighted by Crippen LogP contribution is -2.52. The molecule has 6 heteroatoms. The third kappa shape index (κ3) is 4.07. The monoisotopic (exact) mass is 445 g/mol. The zero-order valence-corrected chi connectivity index (χ0v) is 18.9. The highest BCUT2D eigenvalue weighted by Crippen LogP contribution is 2.41. The number of aromatic nitrogens is 1. The van der Waals surface area contributed by atoms with Crippen LogP contribution in [0, 0.1) is 0 Å². The van der Waals surface area contributed by atoms with Crippen LogP contribution < -0.4 is 5.32 Å². The molecule has 32 heavy (non-hydrogen) atoms. The van der Waals surface area contributed by atoms with E-state index in [2.05, 4.69) is 16.4 Å². The highest BCUT2D eigenvalue weighted by Gasteiger charge is 2.45. The molecular formula is C26H27N3O2S. The Morgan fingerprint density at radius 3 is 2.72 bits per heavy atom. The van der Waals surface area contributed by atoms with Crippen molar-refractivity contribution in [2.24, 2.45) is 0 Å². The molecule has 0 unspecified atom stereocenters. The molecule has 1 saturated carbocycles. The number of nitrogens with one attached hydrogen (secondary N) is 1. The smallest absolute Gasteiger partial charge is 0.254 e.